The van der Waals surface area contributed by atoms with Crippen molar-refractivity contribution < 1.29 is 13.2 Å². The molecule has 0 saturated carbocycles. The molecule has 0 saturated heterocycles. The van der Waals surface area contributed by atoms with Crippen molar-refractivity contribution >= 4 is 10.0 Å². The Morgan fingerprint density at radius 2 is 1.67 bits per heavy atom. The molecule has 0 bridgehead atoms. The van der Waals surface area contributed by atoms with Gasteiger partial charge in [-0.25, -0.2) is 13.1 Å². The molecule has 1 unspecified atom stereocenters. The van der Waals surface area contributed by atoms with E-state index >= 15 is 0 Å². The van der Waals surface area contributed by atoms with Gasteiger partial charge in [0.05, 0.1) is 10.9 Å². The molecule has 0 heterocycles. The highest BCUT2D eigenvalue weighted by Gasteiger charge is 2.17. The van der Waals surface area contributed by atoms with Crippen molar-refractivity contribution in [2.75, 3.05) is 6.61 Å². The molecule has 21 heavy (non-hydrogen) atoms. The first kappa shape index (κ1) is 15.5. The van der Waals surface area contributed by atoms with Gasteiger partial charge < -0.3 is 4.74 Å². The fraction of sp³-hybridized carbons (Fsp3) is 0.250. The van der Waals surface area contributed by atoms with Crippen LogP contribution in [0.25, 0.3) is 0 Å². The van der Waals surface area contributed by atoms with Crippen molar-refractivity contribution in [2.45, 2.75) is 24.8 Å². The van der Waals surface area contributed by atoms with E-state index in [1.165, 1.54) is 0 Å². The Morgan fingerprint density at radius 1 is 1.05 bits per heavy atom. The number of sulfonamides is 1. The number of hydrogen-bond acceptors (Lipinski definition) is 3. The summed E-state index contributed by atoms with van der Waals surface area (Å²) in [5.41, 5.74) is 1.15. The summed E-state index contributed by atoms with van der Waals surface area (Å²) in [5.74, 6) is 0.728. The van der Waals surface area contributed by atoms with Crippen LogP contribution in [-0.2, 0) is 10.0 Å². The first-order valence-corrected chi connectivity index (χ1v) is 8.22. The number of benzene rings is 2. The summed E-state index contributed by atoms with van der Waals surface area (Å²) in [4.78, 5) is 0.257. The van der Waals surface area contributed by atoms with E-state index in [0.717, 1.165) is 11.3 Å². The molecule has 4 nitrogen and oxygen atoms in total. The molecule has 0 spiro atoms. The minimum Gasteiger partial charge on any atom is -0.492 e. The summed E-state index contributed by atoms with van der Waals surface area (Å²) in [6, 6.07) is 15.6. The predicted molar refractivity (Wildman–Crippen MR) is 82.9 cm³/mol. The van der Waals surface area contributed by atoms with E-state index in [1.54, 1.807) is 37.3 Å². The quantitative estimate of drug-likeness (QED) is 0.893. The number of nitrogens with one attached hydrogen (secondary N) is 1. The highest BCUT2D eigenvalue weighted by Crippen LogP contribution is 2.12. The van der Waals surface area contributed by atoms with Gasteiger partial charge in [-0.05, 0) is 38.1 Å². The van der Waals surface area contributed by atoms with Crippen LogP contribution in [-0.4, -0.2) is 21.1 Å². The van der Waals surface area contributed by atoms with Gasteiger partial charge in [-0.1, -0.05) is 35.9 Å². The average molecular weight is 305 g/mol. The standard InChI is InChI=1S/C16H19NO3S/c1-13-8-10-15(11-9-13)20-12-14(2)17-21(18,19)16-6-4-3-5-7-16/h3-11,14,17H,12H2,1-2H3. The number of hydrogen-bond donors (Lipinski definition) is 1. The molecule has 0 aromatic heterocycles. The predicted octanol–water partition coefficient (Wildman–Crippen LogP) is 2.74. The van der Waals surface area contributed by atoms with Crippen LogP contribution in [0.5, 0.6) is 5.75 Å². The lowest BCUT2D eigenvalue weighted by molar-refractivity contribution is 0.287. The summed E-state index contributed by atoms with van der Waals surface area (Å²) in [5, 5.41) is 0. The van der Waals surface area contributed by atoms with Crippen LogP contribution in [0.2, 0.25) is 0 Å². The Kier molecular flexibility index (Phi) is 4.98. The maximum Gasteiger partial charge on any atom is 0.240 e. The molecular formula is C16H19NO3S. The van der Waals surface area contributed by atoms with Crippen molar-refractivity contribution in [3.8, 4) is 5.75 Å². The van der Waals surface area contributed by atoms with Gasteiger partial charge in [0.25, 0.3) is 0 Å². The minimum atomic E-state index is -3.50. The molecule has 1 N–H and O–H groups in total. The van der Waals surface area contributed by atoms with Crippen molar-refractivity contribution in [2.24, 2.45) is 0 Å². The second-order valence-corrected chi connectivity index (χ2v) is 6.67. The minimum absolute atomic E-state index is 0.257. The van der Waals surface area contributed by atoms with Crippen molar-refractivity contribution in [3.05, 3.63) is 60.2 Å². The Bertz CT molecular complexity index is 666. The first-order chi connectivity index (χ1) is 9.97. The second kappa shape index (κ2) is 6.74. The van der Waals surface area contributed by atoms with Crippen LogP contribution >= 0.6 is 0 Å². The third kappa shape index (κ3) is 4.58. The monoisotopic (exact) mass is 305 g/mol. The molecule has 2 aromatic carbocycles. The van der Waals surface area contributed by atoms with Crippen LogP contribution in [0.3, 0.4) is 0 Å². The Balaban J connectivity index is 1.92. The molecule has 0 aliphatic rings. The Morgan fingerprint density at radius 3 is 2.29 bits per heavy atom. The molecule has 0 radical (unpaired) electrons. The summed E-state index contributed by atoms with van der Waals surface area (Å²) in [7, 11) is -3.50. The van der Waals surface area contributed by atoms with E-state index in [0.29, 0.717) is 0 Å². The smallest absolute Gasteiger partial charge is 0.240 e. The van der Waals surface area contributed by atoms with Crippen molar-refractivity contribution in [1.82, 2.24) is 4.72 Å². The molecule has 0 fully saturated rings. The van der Waals surface area contributed by atoms with Gasteiger partial charge in [0, 0.05) is 0 Å². The Labute approximate surface area is 125 Å². The average Bonchev–Trinajstić information content (AvgIpc) is 2.47. The largest absolute Gasteiger partial charge is 0.492 e. The first-order valence-electron chi connectivity index (χ1n) is 6.74. The number of aryl methyl sites for hydroxylation is 1. The van der Waals surface area contributed by atoms with Gasteiger partial charge in [-0.3, -0.25) is 0 Å². The molecule has 1 atom stereocenters. The zero-order valence-electron chi connectivity index (χ0n) is 12.1. The molecule has 0 amide bonds. The van der Waals surface area contributed by atoms with Crippen molar-refractivity contribution in [3.63, 3.8) is 0 Å². The third-order valence-corrected chi connectivity index (χ3v) is 4.54. The second-order valence-electron chi connectivity index (χ2n) is 4.96. The summed E-state index contributed by atoms with van der Waals surface area (Å²) < 4.78 is 32.4. The van der Waals surface area contributed by atoms with E-state index in [9.17, 15) is 8.42 Å². The number of rotatable bonds is 6. The summed E-state index contributed by atoms with van der Waals surface area (Å²) >= 11 is 0. The highest BCUT2D eigenvalue weighted by atomic mass is 32.2. The van der Waals surface area contributed by atoms with E-state index < -0.39 is 10.0 Å². The van der Waals surface area contributed by atoms with Crippen LogP contribution in [0.1, 0.15) is 12.5 Å². The topological polar surface area (TPSA) is 55.4 Å². The van der Waals surface area contributed by atoms with Gasteiger partial charge in [0.15, 0.2) is 0 Å². The lowest BCUT2D eigenvalue weighted by Crippen LogP contribution is -2.36. The van der Waals surface area contributed by atoms with Gasteiger partial charge in [-0.15, -0.1) is 0 Å². The van der Waals surface area contributed by atoms with E-state index in [1.807, 2.05) is 31.2 Å². The van der Waals surface area contributed by atoms with Crippen LogP contribution < -0.4 is 9.46 Å². The maximum absolute atomic E-state index is 12.1. The maximum atomic E-state index is 12.1. The van der Waals surface area contributed by atoms with E-state index in [4.69, 9.17) is 4.74 Å². The molecule has 0 aliphatic carbocycles. The molecule has 112 valence electrons. The molecule has 0 aliphatic heterocycles. The van der Waals surface area contributed by atoms with Gasteiger partial charge in [0.1, 0.15) is 12.4 Å². The zero-order valence-corrected chi connectivity index (χ0v) is 12.9. The fourth-order valence-electron chi connectivity index (χ4n) is 1.82. The normalized spacial score (nSPS) is 12.9. The van der Waals surface area contributed by atoms with Gasteiger partial charge in [0.2, 0.25) is 10.0 Å². The van der Waals surface area contributed by atoms with Crippen molar-refractivity contribution in [1.29, 1.82) is 0 Å². The summed E-state index contributed by atoms with van der Waals surface area (Å²) in [6.07, 6.45) is 0. The van der Waals surface area contributed by atoms with E-state index in [2.05, 4.69) is 4.72 Å². The summed E-state index contributed by atoms with van der Waals surface area (Å²) in [6.45, 7) is 4.05. The molecule has 2 rings (SSSR count). The number of ether oxygens (including phenoxy) is 1. The van der Waals surface area contributed by atoms with Crippen LogP contribution in [0.4, 0.5) is 0 Å². The molecular weight excluding hydrogens is 286 g/mol. The SMILES string of the molecule is Cc1ccc(OCC(C)NS(=O)(=O)c2ccccc2)cc1. The van der Waals surface area contributed by atoms with Crippen LogP contribution in [0, 0.1) is 6.92 Å². The zero-order chi connectivity index (χ0) is 15.3. The highest BCUT2D eigenvalue weighted by molar-refractivity contribution is 7.89. The molecule has 5 heteroatoms. The van der Waals surface area contributed by atoms with Gasteiger partial charge in [-0.2, -0.15) is 0 Å². The van der Waals surface area contributed by atoms with Crippen LogP contribution in [0.15, 0.2) is 59.5 Å². The lowest BCUT2D eigenvalue weighted by Gasteiger charge is -2.15. The third-order valence-electron chi connectivity index (χ3n) is 2.93. The molecule has 2 aromatic rings. The van der Waals surface area contributed by atoms with E-state index in [-0.39, 0.29) is 17.5 Å². The Hall–Kier alpha value is -1.85. The fourth-order valence-corrected chi connectivity index (χ4v) is 3.07. The lowest BCUT2D eigenvalue weighted by atomic mass is 10.2. The van der Waals surface area contributed by atoms with Gasteiger partial charge >= 0.3 is 0 Å².